The van der Waals surface area contributed by atoms with Gasteiger partial charge in [-0.05, 0) is 47.6 Å². The number of non-ortho nitro benzene ring substituents is 1. The lowest BCUT2D eigenvalue weighted by atomic mass is 9.69. The zero-order chi connectivity index (χ0) is 28.4. The molecule has 0 spiro atoms. The molecule has 1 N–H and O–H groups in total. The van der Waals surface area contributed by atoms with Gasteiger partial charge in [-0.2, -0.15) is 0 Å². The van der Waals surface area contributed by atoms with Crippen LogP contribution in [0.15, 0.2) is 65.5 Å². The van der Waals surface area contributed by atoms with Gasteiger partial charge in [0, 0.05) is 74.6 Å². The van der Waals surface area contributed by atoms with Crippen molar-refractivity contribution in [1.29, 1.82) is 0 Å². The number of nitro benzene ring substituents is 1. The van der Waals surface area contributed by atoms with E-state index < -0.39 is 16.9 Å². The van der Waals surface area contributed by atoms with Gasteiger partial charge in [-0.15, -0.1) is 0 Å². The molecule has 2 amide bonds. The van der Waals surface area contributed by atoms with Crippen LogP contribution in [-0.2, 0) is 35.5 Å². The van der Waals surface area contributed by atoms with Gasteiger partial charge in [0.15, 0.2) is 0 Å². The molecular weight excluding hydrogens is 522 g/mol. The lowest BCUT2D eigenvalue weighted by molar-refractivity contribution is -0.384. The minimum atomic E-state index is -0.645. The maximum atomic E-state index is 14.7. The molecule has 0 aliphatic carbocycles. The number of rotatable bonds is 3. The number of pyridine rings is 1. The molecular formula is C31H31N5O5. The molecule has 5 atom stereocenters. The highest BCUT2D eigenvalue weighted by atomic mass is 16.6. The Morgan fingerprint density at radius 1 is 0.976 bits per heavy atom. The van der Waals surface area contributed by atoms with E-state index in [0.29, 0.717) is 32.5 Å². The summed E-state index contributed by atoms with van der Waals surface area (Å²) in [6.45, 7) is 1.45. The van der Waals surface area contributed by atoms with Crippen molar-refractivity contribution in [3.05, 3.63) is 104 Å². The van der Waals surface area contributed by atoms with E-state index in [-0.39, 0.29) is 40.9 Å². The number of hydrogen-bond acceptors (Lipinski definition) is 6. The van der Waals surface area contributed by atoms with Crippen LogP contribution in [0, 0.1) is 22.0 Å². The Morgan fingerprint density at radius 3 is 2.56 bits per heavy atom. The van der Waals surface area contributed by atoms with Crippen molar-refractivity contribution in [2.75, 3.05) is 18.5 Å². The molecule has 1 aromatic heterocycles. The molecule has 2 unspecified atom stereocenters. The molecule has 3 aromatic rings. The smallest absolute Gasteiger partial charge is 0.269 e. The summed E-state index contributed by atoms with van der Waals surface area (Å²) in [5.41, 5.74) is 4.72. The molecule has 7 rings (SSSR count). The van der Waals surface area contributed by atoms with E-state index >= 15 is 0 Å². The van der Waals surface area contributed by atoms with Crippen LogP contribution in [-0.4, -0.2) is 51.9 Å². The number of carbonyl (C=O) groups excluding carboxylic acids is 2. The third-order valence-electron chi connectivity index (χ3n) is 9.60. The van der Waals surface area contributed by atoms with Crippen LogP contribution in [0.5, 0.6) is 0 Å². The topological polar surface area (TPSA) is 118 Å². The van der Waals surface area contributed by atoms with Crippen LogP contribution in [0.2, 0.25) is 0 Å². The first-order valence-corrected chi connectivity index (χ1v) is 14.2. The van der Waals surface area contributed by atoms with Crippen molar-refractivity contribution in [3.63, 3.8) is 0 Å². The molecule has 2 aromatic carbocycles. The summed E-state index contributed by atoms with van der Waals surface area (Å²) in [7, 11) is 1.59. The van der Waals surface area contributed by atoms with Crippen LogP contribution >= 0.6 is 0 Å². The van der Waals surface area contributed by atoms with E-state index in [1.807, 2.05) is 41.0 Å². The number of anilines is 1. The van der Waals surface area contributed by atoms with E-state index in [4.69, 9.17) is 0 Å². The van der Waals surface area contributed by atoms with Crippen molar-refractivity contribution in [1.82, 2.24) is 14.8 Å². The molecule has 4 aliphatic heterocycles. The van der Waals surface area contributed by atoms with Gasteiger partial charge in [-0.1, -0.05) is 30.3 Å². The molecule has 1 saturated heterocycles. The summed E-state index contributed by atoms with van der Waals surface area (Å²) < 4.78 is 1.85. The van der Waals surface area contributed by atoms with Gasteiger partial charge >= 0.3 is 0 Å². The first-order chi connectivity index (χ1) is 19.8. The van der Waals surface area contributed by atoms with Crippen LogP contribution < -0.4 is 15.8 Å². The van der Waals surface area contributed by atoms with Crippen molar-refractivity contribution in [2.45, 2.75) is 50.4 Å². The number of nitrogens with one attached hydrogen (secondary N) is 1. The third-order valence-corrected chi connectivity index (χ3v) is 9.60. The number of amides is 2. The number of fused-ring (bicyclic) bond motifs is 9. The lowest BCUT2D eigenvalue weighted by Crippen LogP contribution is -2.63. The standard InChI is InChI=1S/C31H31N5O5/c1-32-30(38)27-14-18-5-2-3-6-19(18)15-35(27)31(39)24-13-20-12-23(36(40)41)9-10-26(20)34-16-21-11-22(29(24)34)17-33-25(21)7-4-8-28(33)37/h2-10,12,21-22,24,27,29H,11,13-17H2,1H3,(H,32,38)/t21?,22?,24-,27+,29+/m1/s1. The quantitative estimate of drug-likeness (QED) is 0.394. The number of hydrogen-bond donors (Lipinski definition) is 1. The molecule has 2 bridgehead atoms. The van der Waals surface area contributed by atoms with E-state index in [9.17, 15) is 24.5 Å². The Hall–Kier alpha value is -4.47. The van der Waals surface area contributed by atoms with Crippen LogP contribution in [0.4, 0.5) is 11.4 Å². The van der Waals surface area contributed by atoms with Gasteiger partial charge < -0.3 is 19.7 Å². The second-order valence-corrected chi connectivity index (χ2v) is 11.7. The molecule has 5 heterocycles. The first-order valence-electron chi connectivity index (χ1n) is 14.2. The van der Waals surface area contributed by atoms with Crippen molar-refractivity contribution in [2.24, 2.45) is 11.8 Å². The number of benzene rings is 2. The number of nitro groups is 1. The molecule has 0 saturated carbocycles. The van der Waals surface area contributed by atoms with Gasteiger partial charge in [0.25, 0.3) is 11.2 Å². The number of carbonyl (C=O) groups is 2. The maximum Gasteiger partial charge on any atom is 0.269 e. The molecule has 41 heavy (non-hydrogen) atoms. The van der Waals surface area contributed by atoms with Gasteiger partial charge in [0.2, 0.25) is 11.8 Å². The number of likely N-dealkylation sites (N-methyl/N-ethyl adjacent to an activating group) is 1. The van der Waals surface area contributed by atoms with Gasteiger partial charge in [0.1, 0.15) is 6.04 Å². The van der Waals surface area contributed by atoms with Crippen molar-refractivity contribution < 1.29 is 14.5 Å². The summed E-state index contributed by atoms with van der Waals surface area (Å²) in [6, 6.07) is 17.4. The highest BCUT2D eigenvalue weighted by molar-refractivity contribution is 5.90. The summed E-state index contributed by atoms with van der Waals surface area (Å²) in [6.07, 6.45) is 1.63. The Kier molecular flexibility index (Phi) is 5.95. The highest BCUT2D eigenvalue weighted by Crippen LogP contribution is 2.48. The fourth-order valence-electron chi connectivity index (χ4n) is 7.81. The predicted molar refractivity (Wildman–Crippen MR) is 152 cm³/mol. The third kappa shape index (κ3) is 4.03. The van der Waals surface area contributed by atoms with E-state index in [2.05, 4.69) is 10.2 Å². The second kappa shape index (κ2) is 9.57. The lowest BCUT2D eigenvalue weighted by Gasteiger charge is -2.55. The number of nitrogens with zero attached hydrogens (tertiary/aromatic N) is 4. The Morgan fingerprint density at radius 2 is 1.78 bits per heavy atom. The van der Waals surface area contributed by atoms with E-state index in [1.54, 1.807) is 30.1 Å². The number of piperidine rings is 1. The highest BCUT2D eigenvalue weighted by Gasteiger charge is 2.51. The molecule has 10 heteroatoms. The van der Waals surface area contributed by atoms with Crippen molar-refractivity contribution in [3.8, 4) is 0 Å². The van der Waals surface area contributed by atoms with Crippen LogP contribution in [0.3, 0.4) is 0 Å². The predicted octanol–water partition coefficient (Wildman–Crippen LogP) is 2.62. The normalized spacial score (nSPS) is 25.7. The average molecular weight is 554 g/mol. The summed E-state index contributed by atoms with van der Waals surface area (Å²) in [4.78, 5) is 55.9. The largest absolute Gasteiger partial charge is 0.366 e. The fraction of sp³-hybridized carbons (Fsp3) is 0.387. The monoisotopic (exact) mass is 553 g/mol. The molecule has 0 radical (unpaired) electrons. The summed E-state index contributed by atoms with van der Waals surface area (Å²) in [5, 5.41) is 14.4. The Balaban J connectivity index is 1.33. The zero-order valence-electron chi connectivity index (χ0n) is 22.7. The number of aromatic nitrogens is 1. The maximum absolute atomic E-state index is 14.7. The van der Waals surface area contributed by atoms with E-state index in [0.717, 1.165) is 34.5 Å². The minimum absolute atomic E-state index is 0.00219. The Labute approximate surface area is 236 Å². The molecule has 210 valence electrons. The summed E-state index contributed by atoms with van der Waals surface area (Å²) in [5.74, 6) is -0.706. The second-order valence-electron chi connectivity index (χ2n) is 11.7. The van der Waals surface area contributed by atoms with Crippen LogP contribution in [0.1, 0.15) is 34.7 Å². The molecule has 1 fully saturated rings. The molecule has 10 nitrogen and oxygen atoms in total. The summed E-state index contributed by atoms with van der Waals surface area (Å²) >= 11 is 0. The van der Waals surface area contributed by atoms with Gasteiger partial charge in [0.05, 0.1) is 10.8 Å². The zero-order valence-corrected chi connectivity index (χ0v) is 22.7. The van der Waals surface area contributed by atoms with E-state index in [1.165, 1.54) is 6.07 Å². The molecule has 4 aliphatic rings. The van der Waals surface area contributed by atoms with Crippen molar-refractivity contribution >= 4 is 23.2 Å². The van der Waals surface area contributed by atoms with Crippen LogP contribution in [0.25, 0.3) is 0 Å². The Bertz CT molecular complexity index is 1650. The fourth-order valence-corrected chi connectivity index (χ4v) is 7.81. The van der Waals surface area contributed by atoms with Gasteiger partial charge in [-0.25, -0.2) is 0 Å². The minimum Gasteiger partial charge on any atom is -0.366 e. The SMILES string of the molecule is CNC(=O)[C@@H]1Cc2ccccc2CN1C(=O)[C@@H]1Cc2cc([N+](=O)[O-])ccc2N2CC3CC(Cn4c3cccc4=O)[C@@H]12. The first kappa shape index (κ1) is 25.5. The average Bonchev–Trinajstić information content (AvgIpc) is 2.99. The van der Waals surface area contributed by atoms with Gasteiger partial charge in [-0.3, -0.25) is 24.5 Å².